The van der Waals surface area contributed by atoms with Gasteiger partial charge < -0.3 is 10.2 Å². The molecular weight excluding hydrogens is 330 g/mol. The summed E-state index contributed by atoms with van der Waals surface area (Å²) in [6, 6.07) is 0. The zero-order valence-electron chi connectivity index (χ0n) is 14.5. The van der Waals surface area contributed by atoms with Crippen molar-refractivity contribution in [1.29, 1.82) is 0 Å². The zero-order valence-corrected chi connectivity index (χ0v) is 16.1. The normalized spacial score (nSPS) is 22.3. The fourth-order valence-electron chi connectivity index (χ4n) is 3.46. The second-order valence-electron chi connectivity index (χ2n) is 6.73. The summed E-state index contributed by atoms with van der Waals surface area (Å²) in [5.41, 5.74) is 0. The van der Waals surface area contributed by atoms with Gasteiger partial charge in [-0.15, -0.1) is 0 Å². The number of thioether (sulfide) groups is 1. The summed E-state index contributed by atoms with van der Waals surface area (Å²) >= 11 is 2.15. The van der Waals surface area contributed by atoms with E-state index in [1.807, 2.05) is 0 Å². The smallest absolute Gasteiger partial charge is 0.193 e. The Labute approximate surface area is 145 Å². The van der Waals surface area contributed by atoms with Crippen molar-refractivity contribution in [2.45, 2.75) is 50.2 Å². The molecule has 7 heteroatoms. The molecule has 0 aromatic heterocycles. The van der Waals surface area contributed by atoms with Crippen LogP contribution in [-0.4, -0.2) is 68.0 Å². The Morgan fingerprint density at radius 2 is 2.04 bits per heavy atom. The highest BCUT2D eigenvalue weighted by Gasteiger charge is 2.38. The van der Waals surface area contributed by atoms with Gasteiger partial charge in [0.15, 0.2) is 5.96 Å². The van der Waals surface area contributed by atoms with Gasteiger partial charge in [-0.3, -0.25) is 4.99 Å². The number of rotatable bonds is 5. The third-order valence-electron chi connectivity index (χ3n) is 4.58. The van der Waals surface area contributed by atoms with Crippen LogP contribution in [0.1, 0.15) is 45.4 Å². The molecule has 1 spiro atoms. The molecule has 0 bridgehead atoms. The molecule has 2 aliphatic rings. The van der Waals surface area contributed by atoms with Crippen molar-refractivity contribution in [2.24, 2.45) is 4.99 Å². The van der Waals surface area contributed by atoms with Gasteiger partial charge in [-0.05, 0) is 26.2 Å². The predicted octanol–water partition coefficient (Wildman–Crippen LogP) is 2.14. The van der Waals surface area contributed by atoms with E-state index in [2.05, 4.69) is 33.9 Å². The first-order chi connectivity index (χ1) is 10.9. The molecule has 5 nitrogen and oxygen atoms in total. The third kappa shape index (κ3) is 6.18. The van der Waals surface area contributed by atoms with Crippen LogP contribution in [0.2, 0.25) is 0 Å². The Hall–Kier alpha value is -0.430. The van der Waals surface area contributed by atoms with Crippen LogP contribution >= 0.6 is 11.8 Å². The van der Waals surface area contributed by atoms with Gasteiger partial charge in [-0.25, -0.2) is 8.42 Å². The minimum atomic E-state index is -2.89. The Bertz CT molecular complexity index is 494. The highest BCUT2D eigenvalue weighted by molar-refractivity contribution is 8.00. The van der Waals surface area contributed by atoms with E-state index in [0.29, 0.717) is 17.7 Å². The number of sulfone groups is 1. The number of nitrogens with one attached hydrogen (secondary N) is 1. The summed E-state index contributed by atoms with van der Waals surface area (Å²) in [6.45, 7) is 5.62. The fourth-order valence-corrected chi connectivity index (χ4v) is 5.68. The molecule has 1 heterocycles. The van der Waals surface area contributed by atoms with Crippen molar-refractivity contribution in [1.82, 2.24) is 10.2 Å². The first kappa shape index (κ1) is 18.9. The molecule has 0 aromatic rings. The van der Waals surface area contributed by atoms with E-state index in [0.717, 1.165) is 31.3 Å². The Morgan fingerprint density at radius 3 is 2.70 bits per heavy atom. The number of aliphatic imine (C=N–C) groups is 1. The molecule has 23 heavy (non-hydrogen) atoms. The van der Waals surface area contributed by atoms with Crippen molar-refractivity contribution in [3.05, 3.63) is 0 Å². The molecule has 2 rings (SSSR count). The van der Waals surface area contributed by atoms with Gasteiger partial charge in [0.1, 0.15) is 9.84 Å². The second kappa shape index (κ2) is 8.60. The van der Waals surface area contributed by atoms with Crippen LogP contribution in [0.3, 0.4) is 0 Å². The lowest BCUT2D eigenvalue weighted by molar-refractivity contribution is 0.293. The van der Waals surface area contributed by atoms with E-state index in [-0.39, 0.29) is 5.75 Å². The van der Waals surface area contributed by atoms with Crippen LogP contribution in [0.25, 0.3) is 0 Å². The van der Waals surface area contributed by atoms with Crippen molar-refractivity contribution < 1.29 is 8.42 Å². The SMILES string of the molecule is CCNC(=NCCCS(C)(=O)=O)N1CCSC2(CCCCC2)C1. The Kier molecular flexibility index (Phi) is 7.07. The Balaban J connectivity index is 1.95. The van der Waals surface area contributed by atoms with Gasteiger partial charge in [0, 0.05) is 42.9 Å². The van der Waals surface area contributed by atoms with Crippen LogP contribution < -0.4 is 5.32 Å². The van der Waals surface area contributed by atoms with Crippen molar-refractivity contribution >= 4 is 27.6 Å². The van der Waals surface area contributed by atoms with Gasteiger partial charge in [-0.1, -0.05) is 19.3 Å². The summed E-state index contributed by atoms with van der Waals surface area (Å²) < 4.78 is 22.9. The summed E-state index contributed by atoms with van der Waals surface area (Å²) in [7, 11) is -2.89. The predicted molar refractivity (Wildman–Crippen MR) is 100 cm³/mol. The summed E-state index contributed by atoms with van der Waals surface area (Å²) in [5.74, 6) is 2.34. The highest BCUT2D eigenvalue weighted by Crippen LogP contribution is 2.42. The van der Waals surface area contributed by atoms with Crippen LogP contribution in [0, 0.1) is 0 Å². The average molecular weight is 362 g/mol. The quantitative estimate of drug-likeness (QED) is 0.462. The van der Waals surface area contributed by atoms with Gasteiger partial charge in [0.2, 0.25) is 0 Å². The maximum absolute atomic E-state index is 11.2. The summed E-state index contributed by atoms with van der Waals surface area (Å²) in [6.07, 6.45) is 8.61. The first-order valence-corrected chi connectivity index (χ1v) is 11.8. The molecule has 134 valence electrons. The van der Waals surface area contributed by atoms with Crippen LogP contribution in [0.4, 0.5) is 0 Å². The Morgan fingerprint density at radius 1 is 1.30 bits per heavy atom. The van der Waals surface area contributed by atoms with E-state index in [4.69, 9.17) is 0 Å². The van der Waals surface area contributed by atoms with E-state index in [9.17, 15) is 8.42 Å². The number of hydrogen-bond acceptors (Lipinski definition) is 4. The minimum Gasteiger partial charge on any atom is -0.357 e. The molecule has 0 radical (unpaired) electrons. The highest BCUT2D eigenvalue weighted by atomic mass is 32.2. The molecule has 1 saturated heterocycles. The minimum absolute atomic E-state index is 0.218. The average Bonchev–Trinajstić information content (AvgIpc) is 2.50. The first-order valence-electron chi connectivity index (χ1n) is 8.79. The zero-order chi connectivity index (χ0) is 16.8. The van der Waals surface area contributed by atoms with Crippen LogP contribution in [0.15, 0.2) is 4.99 Å². The van der Waals surface area contributed by atoms with Gasteiger partial charge >= 0.3 is 0 Å². The molecule has 1 aliphatic carbocycles. The standard InChI is InChI=1S/C16H31N3O2S2/c1-3-17-15(18-10-7-13-23(2,20)21)19-11-12-22-16(14-19)8-5-4-6-9-16/h3-14H2,1-2H3,(H,17,18). The maximum atomic E-state index is 11.2. The lowest BCUT2D eigenvalue weighted by Gasteiger charge is -2.45. The molecule has 0 unspecified atom stereocenters. The summed E-state index contributed by atoms with van der Waals surface area (Å²) in [4.78, 5) is 7.07. The molecule has 1 N–H and O–H groups in total. The second-order valence-corrected chi connectivity index (χ2v) is 10.6. The van der Waals surface area contributed by atoms with E-state index in [1.54, 1.807) is 0 Å². The summed E-state index contributed by atoms with van der Waals surface area (Å²) in [5, 5.41) is 3.39. The van der Waals surface area contributed by atoms with Crippen molar-refractivity contribution in [3.8, 4) is 0 Å². The lowest BCUT2D eigenvalue weighted by Crippen LogP contribution is -2.53. The maximum Gasteiger partial charge on any atom is 0.193 e. The largest absolute Gasteiger partial charge is 0.357 e. The molecule has 0 aromatic carbocycles. The van der Waals surface area contributed by atoms with Crippen LogP contribution in [-0.2, 0) is 9.84 Å². The van der Waals surface area contributed by atoms with Crippen LogP contribution in [0.5, 0.6) is 0 Å². The van der Waals surface area contributed by atoms with Crippen molar-refractivity contribution in [3.63, 3.8) is 0 Å². The molecule has 1 aliphatic heterocycles. The molecular formula is C16H31N3O2S2. The number of hydrogen-bond donors (Lipinski definition) is 1. The number of nitrogens with zero attached hydrogens (tertiary/aromatic N) is 2. The van der Waals surface area contributed by atoms with Crippen molar-refractivity contribution in [2.75, 3.05) is 43.9 Å². The molecule has 0 amide bonds. The monoisotopic (exact) mass is 361 g/mol. The molecule has 2 fully saturated rings. The topological polar surface area (TPSA) is 61.8 Å². The molecule has 1 saturated carbocycles. The third-order valence-corrected chi connectivity index (χ3v) is 7.15. The molecule has 0 atom stereocenters. The lowest BCUT2D eigenvalue weighted by atomic mass is 9.87. The van der Waals surface area contributed by atoms with Gasteiger partial charge in [0.25, 0.3) is 0 Å². The number of guanidine groups is 1. The van der Waals surface area contributed by atoms with E-state index < -0.39 is 9.84 Å². The van der Waals surface area contributed by atoms with Gasteiger partial charge in [-0.2, -0.15) is 11.8 Å². The van der Waals surface area contributed by atoms with E-state index >= 15 is 0 Å². The van der Waals surface area contributed by atoms with Gasteiger partial charge in [0.05, 0.1) is 5.75 Å². The van der Waals surface area contributed by atoms with E-state index in [1.165, 1.54) is 38.4 Å². The fraction of sp³-hybridized carbons (Fsp3) is 0.938.